The van der Waals surface area contributed by atoms with E-state index in [1.54, 1.807) is 13.2 Å². The van der Waals surface area contributed by atoms with Crippen molar-refractivity contribution in [3.05, 3.63) is 86.7 Å². The quantitative estimate of drug-likeness (QED) is 0.428. The van der Waals surface area contributed by atoms with E-state index in [0.29, 0.717) is 18.0 Å². The Bertz CT molecular complexity index is 930. The van der Waals surface area contributed by atoms with Crippen LogP contribution in [-0.2, 0) is 13.2 Å². The maximum absolute atomic E-state index is 13.3. The summed E-state index contributed by atoms with van der Waals surface area (Å²) >= 11 is 2.24. The van der Waals surface area contributed by atoms with Crippen LogP contribution in [0.25, 0.3) is 0 Å². The van der Waals surface area contributed by atoms with Crippen LogP contribution in [0.2, 0.25) is 0 Å². The van der Waals surface area contributed by atoms with Crippen LogP contribution in [0.4, 0.5) is 10.1 Å². The fourth-order valence-electron chi connectivity index (χ4n) is 2.77. The minimum absolute atomic E-state index is 0.268. The SMILES string of the molecule is COc1cc(CNc2ccccc2C)cc(I)c1OCc1cccc(F)c1. The number of rotatable bonds is 7. The molecule has 3 nitrogen and oxygen atoms in total. The van der Waals surface area contributed by atoms with Crippen LogP contribution in [-0.4, -0.2) is 7.11 Å². The lowest BCUT2D eigenvalue weighted by molar-refractivity contribution is 0.281. The molecule has 0 unspecified atom stereocenters. The van der Waals surface area contributed by atoms with Crippen molar-refractivity contribution in [3.8, 4) is 11.5 Å². The number of halogens is 2. The average Bonchev–Trinajstić information content (AvgIpc) is 2.66. The average molecular weight is 477 g/mol. The molecule has 140 valence electrons. The molecule has 0 saturated heterocycles. The first-order valence-corrected chi connectivity index (χ1v) is 9.68. The highest BCUT2D eigenvalue weighted by atomic mass is 127. The van der Waals surface area contributed by atoms with E-state index in [9.17, 15) is 4.39 Å². The summed E-state index contributed by atoms with van der Waals surface area (Å²) in [5.74, 6) is 1.07. The van der Waals surface area contributed by atoms with Gasteiger partial charge in [-0.2, -0.15) is 0 Å². The first-order valence-electron chi connectivity index (χ1n) is 8.60. The summed E-state index contributed by atoms with van der Waals surface area (Å²) in [6, 6.07) is 18.6. The van der Waals surface area contributed by atoms with Crippen molar-refractivity contribution in [2.24, 2.45) is 0 Å². The van der Waals surface area contributed by atoms with E-state index in [2.05, 4.69) is 53.0 Å². The Labute approximate surface area is 172 Å². The van der Waals surface area contributed by atoms with Gasteiger partial charge >= 0.3 is 0 Å². The molecule has 5 heteroatoms. The lowest BCUT2D eigenvalue weighted by Gasteiger charge is -2.16. The fraction of sp³-hybridized carbons (Fsp3) is 0.182. The number of ether oxygens (including phenoxy) is 2. The lowest BCUT2D eigenvalue weighted by Crippen LogP contribution is -2.04. The number of para-hydroxylation sites is 1. The Hall–Kier alpha value is -2.28. The molecule has 0 saturated carbocycles. The number of hydrogen-bond acceptors (Lipinski definition) is 3. The zero-order valence-corrected chi connectivity index (χ0v) is 17.4. The van der Waals surface area contributed by atoms with Gasteiger partial charge in [-0.1, -0.05) is 30.3 Å². The maximum Gasteiger partial charge on any atom is 0.174 e. The topological polar surface area (TPSA) is 30.5 Å². The van der Waals surface area contributed by atoms with Gasteiger partial charge in [0.2, 0.25) is 0 Å². The Balaban J connectivity index is 1.73. The minimum Gasteiger partial charge on any atom is -0.493 e. The van der Waals surface area contributed by atoms with Gasteiger partial charge in [0.25, 0.3) is 0 Å². The monoisotopic (exact) mass is 477 g/mol. The summed E-state index contributed by atoms with van der Waals surface area (Å²) < 4.78 is 25.7. The second-order valence-electron chi connectivity index (χ2n) is 6.20. The van der Waals surface area contributed by atoms with E-state index >= 15 is 0 Å². The molecule has 0 radical (unpaired) electrons. The molecule has 0 bridgehead atoms. The third-order valence-electron chi connectivity index (χ3n) is 4.19. The molecule has 0 atom stereocenters. The zero-order chi connectivity index (χ0) is 19.2. The molecular formula is C22H21FINO2. The molecule has 0 heterocycles. The van der Waals surface area contributed by atoms with E-state index < -0.39 is 0 Å². The summed E-state index contributed by atoms with van der Waals surface area (Å²) in [4.78, 5) is 0. The first-order chi connectivity index (χ1) is 13.1. The zero-order valence-electron chi connectivity index (χ0n) is 15.3. The van der Waals surface area contributed by atoms with Gasteiger partial charge in [0.1, 0.15) is 12.4 Å². The maximum atomic E-state index is 13.3. The Morgan fingerprint density at radius 1 is 1.00 bits per heavy atom. The fourth-order valence-corrected chi connectivity index (χ4v) is 3.59. The molecule has 0 aliphatic carbocycles. The van der Waals surface area contributed by atoms with E-state index in [4.69, 9.17) is 9.47 Å². The van der Waals surface area contributed by atoms with Crippen molar-refractivity contribution in [2.75, 3.05) is 12.4 Å². The molecule has 0 fully saturated rings. The third kappa shape index (κ3) is 5.13. The van der Waals surface area contributed by atoms with Crippen LogP contribution < -0.4 is 14.8 Å². The molecule has 0 aliphatic heterocycles. The Morgan fingerprint density at radius 2 is 1.81 bits per heavy atom. The molecule has 27 heavy (non-hydrogen) atoms. The van der Waals surface area contributed by atoms with Crippen molar-refractivity contribution in [1.29, 1.82) is 0 Å². The van der Waals surface area contributed by atoms with Gasteiger partial charge in [-0.05, 0) is 76.5 Å². The molecule has 0 amide bonds. The van der Waals surface area contributed by atoms with E-state index in [-0.39, 0.29) is 12.4 Å². The predicted molar refractivity (Wildman–Crippen MR) is 115 cm³/mol. The van der Waals surface area contributed by atoms with Gasteiger partial charge in [-0.3, -0.25) is 0 Å². The second-order valence-corrected chi connectivity index (χ2v) is 7.36. The van der Waals surface area contributed by atoms with E-state index in [1.165, 1.54) is 17.7 Å². The van der Waals surface area contributed by atoms with Crippen molar-refractivity contribution in [1.82, 2.24) is 0 Å². The van der Waals surface area contributed by atoms with Crippen LogP contribution in [0, 0.1) is 16.3 Å². The minimum atomic E-state index is -0.268. The molecule has 1 N–H and O–H groups in total. The number of nitrogens with one attached hydrogen (secondary N) is 1. The van der Waals surface area contributed by atoms with Gasteiger partial charge in [-0.15, -0.1) is 0 Å². The van der Waals surface area contributed by atoms with Gasteiger partial charge in [0.05, 0.1) is 10.7 Å². The Morgan fingerprint density at radius 3 is 2.56 bits per heavy atom. The molecule has 3 aromatic carbocycles. The smallest absolute Gasteiger partial charge is 0.174 e. The molecule has 0 aliphatic rings. The first kappa shape index (κ1) is 19.5. The molecule has 0 aromatic heterocycles. The summed E-state index contributed by atoms with van der Waals surface area (Å²) in [5, 5.41) is 3.45. The van der Waals surface area contributed by atoms with Crippen LogP contribution in [0.5, 0.6) is 11.5 Å². The van der Waals surface area contributed by atoms with E-state index in [1.807, 2.05) is 24.3 Å². The highest BCUT2D eigenvalue weighted by Gasteiger charge is 2.12. The molecule has 3 aromatic rings. The van der Waals surface area contributed by atoms with Gasteiger partial charge < -0.3 is 14.8 Å². The summed E-state index contributed by atoms with van der Waals surface area (Å²) in [7, 11) is 1.62. The molecule has 3 rings (SSSR count). The number of aryl methyl sites for hydroxylation is 1. The molecular weight excluding hydrogens is 456 g/mol. The lowest BCUT2D eigenvalue weighted by atomic mass is 10.1. The summed E-state index contributed by atoms with van der Waals surface area (Å²) in [5.41, 5.74) is 4.18. The van der Waals surface area contributed by atoms with Gasteiger partial charge in [-0.25, -0.2) is 4.39 Å². The largest absolute Gasteiger partial charge is 0.493 e. The third-order valence-corrected chi connectivity index (χ3v) is 4.99. The van der Waals surface area contributed by atoms with Crippen LogP contribution >= 0.6 is 22.6 Å². The number of anilines is 1. The standard InChI is InChI=1S/C22H21FINO2/c1-15-6-3-4-9-20(15)25-13-17-11-19(24)22(21(12-17)26-2)27-14-16-7-5-8-18(23)10-16/h3-12,25H,13-14H2,1-2H3. The summed E-state index contributed by atoms with van der Waals surface area (Å²) in [6.45, 7) is 3.04. The van der Waals surface area contributed by atoms with Crippen molar-refractivity contribution in [2.45, 2.75) is 20.1 Å². The Kier molecular flexibility index (Phi) is 6.55. The summed E-state index contributed by atoms with van der Waals surface area (Å²) in [6.07, 6.45) is 0. The van der Waals surface area contributed by atoms with Crippen molar-refractivity contribution < 1.29 is 13.9 Å². The highest BCUT2D eigenvalue weighted by molar-refractivity contribution is 14.1. The van der Waals surface area contributed by atoms with Crippen molar-refractivity contribution in [3.63, 3.8) is 0 Å². The van der Waals surface area contributed by atoms with Gasteiger partial charge in [0, 0.05) is 12.2 Å². The normalized spacial score (nSPS) is 10.5. The van der Waals surface area contributed by atoms with Crippen molar-refractivity contribution >= 4 is 28.3 Å². The molecule has 0 spiro atoms. The number of benzene rings is 3. The van der Waals surface area contributed by atoms with Gasteiger partial charge in [0.15, 0.2) is 11.5 Å². The van der Waals surface area contributed by atoms with Crippen LogP contribution in [0.3, 0.4) is 0 Å². The predicted octanol–water partition coefficient (Wildman–Crippen LogP) is 5.94. The van der Waals surface area contributed by atoms with E-state index in [0.717, 1.165) is 20.4 Å². The van der Waals surface area contributed by atoms with Crippen LogP contribution in [0.1, 0.15) is 16.7 Å². The highest BCUT2D eigenvalue weighted by Crippen LogP contribution is 2.35. The number of methoxy groups -OCH3 is 1. The second kappa shape index (κ2) is 9.08. The number of hydrogen-bond donors (Lipinski definition) is 1. The van der Waals surface area contributed by atoms with Crippen LogP contribution in [0.15, 0.2) is 60.7 Å².